The minimum atomic E-state index is -0.174. The standard InChI is InChI=1S/C12H15N5OS/c1-9(11(18)15-12-14-2-5-19-12)16-3-4-17-8-13-6-10(17)7-16/h2,5-6,8-9H,3-4,7H2,1H3,(H,14,15,18). The van der Waals surface area contributed by atoms with Crippen LogP contribution < -0.4 is 5.32 Å². The molecule has 1 aliphatic rings. The lowest BCUT2D eigenvalue weighted by Crippen LogP contribution is -2.45. The lowest BCUT2D eigenvalue weighted by Gasteiger charge is -2.32. The Hall–Kier alpha value is -1.73. The van der Waals surface area contributed by atoms with E-state index in [2.05, 4.69) is 24.8 Å². The number of carbonyl (C=O) groups excluding carboxylic acids is 1. The number of amides is 1. The number of aromatic nitrogens is 3. The largest absolute Gasteiger partial charge is 0.332 e. The summed E-state index contributed by atoms with van der Waals surface area (Å²) in [5.74, 6) is -0.0112. The molecular formula is C12H15N5OS. The predicted octanol–water partition coefficient (Wildman–Crippen LogP) is 1.18. The maximum absolute atomic E-state index is 12.2. The molecule has 6 nitrogen and oxygen atoms in total. The van der Waals surface area contributed by atoms with Crippen LogP contribution in [0, 0.1) is 0 Å². The van der Waals surface area contributed by atoms with Gasteiger partial charge in [0.1, 0.15) is 0 Å². The van der Waals surface area contributed by atoms with Crippen molar-refractivity contribution in [1.29, 1.82) is 0 Å². The second kappa shape index (κ2) is 5.10. The first-order chi connectivity index (χ1) is 9.24. The van der Waals surface area contributed by atoms with Crippen molar-refractivity contribution in [2.24, 2.45) is 0 Å². The molecule has 1 N–H and O–H groups in total. The summed E-state index contributed by atoms with van der Waals surface area (Å²) in [5, 5.41) is 5.34. The zero-order valence-corrected chi connectivity index (χ0v) is 11.4. The normalized spacial score (nSPS) is 16.9. The van der Waals surface area contributed by atoms with E-state index in [1.165, 1.54) is 11.3 Å². The third-order valence-corrected chi connectivity index (χ3v) is 4.07. The van der Waals surface area contributed by atoms with Gasteiger partial charge >= 0.3 is 0 Å². The van der Waals surface area contributed by atoms with Gasteiger partial charge in [0.15, 0.2) is 5.13 Å². The van der Waals surface area contributed by atoms with Gasteiger partial charge in [0.25, 0.3) is 0 Å². The molecule has 19 heavy (non-hydrogen) atoms. The number of thiazole rings is 1. The Morgan fingerprint density at radius 2 is 2.42 bits per heavy atom. The fraction of sp³-hybridized carbons (Fsp3) is 0.417. The van der Waals surface area contributed by atoms with E-state index < -0.39 is 0 Å². The average molecular weight is 277 g/mol. The molecule has 0 aliphatic carbocycles. The lowest BCUT2D eigenvalue weighted by molar-refractivity contribution is -0.121. The van der Waals surface area contributed by atoms with Crippen LogP contribution in [0.2, 0.25) is 0 Å². The molecule has 2 aromatic rings. The molecular weight excluding hydrogens is 262 g/mol. The number of anilines is 1. The highest BCUT2D eigenvalue weighted by Gasteiger charge is 2.25. The molecule has 0 fully saturated rings. The van der Waals surface area contributed by atoms with Gasteiger partial charge in [-0.1, -0.05) is 0 Å². The highest BCUT2D eigenvalue weighted by atomic mass is 32.1. The van der Waals surface area contributed by atoms with E-state index in [4.69, 9.17) is 0 Å². The van der Waals surface area contributed by atoms with Crippen molar-refractivity contribution in [3.63, 3.8) is 0 Å². The van der Waals surface area contributed by atoms with Gasteiger partial charge < -0.3 is 9.88 Å². The Kier molecular flexibility index (Phi) is 3.31. The number of fused-ring (bicyclic) bond motifs is 1. The van der Waals surface area contributed by atoms with Crippen molar-refractivity contribution >= 4 is 22.4 Å². The smallest absolute Gasteiger partial charge is 0.243 e. The third kappa shape index (κ3) is 2.52. The van der Waals surface area contributed by atoms with Crippen LogP contribution in [0.15, 0.2) is 24.1 Å². The highest BCUT2D eigenvalue weighted by molar-refractivity contribution is 7.13. The van der Waals surface area contributed by atoms with Gasteiger partial charge in [-0.15, -0.1) is 11.3 Å². The third-order valence-electron chi connectivity index (χ3n) is 3.38. The van der Waals surface area contributed by atoms with E-state index >= 15 is 0 Å². The van der Waals surface area contributed by atoms with Crippen LogP contribution in [0.5, 0.6) is 0 Å². The molecule has 1 unspecified atom stereocenters. The Bertz CT molecular complexity index is 564. The Morgan fingerprint density at radius 3 is 3.21 bits per heavy atom. The van der Waals surface area contributed by atoms with Crippen LogP contribution in [0.3, 0.4) is 0 Å². The lowest BCUT2D eigenvalue weighted by atomic mass is 10.2. The molecule has 3 heterocycles. The predicted molar refractivity (Wildman–Crippen MR) is 72.8 cm³/mol. The number of carbonyl (C=O) groups is 1. The number of hydrogen-bond acceptors (Lipinski definition) is 5. The van der Waals surface area contributed by atoms with Crippen LogP contribution in [0.1, 0.15) is 12.6 Å². The average Bonchev–Trinajstić information content (AvgIpc) is 3.07. The van der Waals surface area contributed by atoms with Gasteiger partial charge in [0, 0.05) is 37.4 Å². The number of nitrogens with one attached hydrogen (secondary N) is 1. The first kappa shape index (κ1) is 12.3. The summed E-state index contributed by atoms with van der Waals surface area (Å²) in [6, 6.07) is -0.174. The van der Waals surface area contributed by atoms with Crippen LogP contribution in [-0.2, 0) is 17.9 Å². The Balaban J connectivity index is 1.64. The summed E-state index contributed by atoms with van der Waals surface area (Å²) >= 11 is 1.43. The fourth-order valence-corrected chi connectivity index (χ4v) is 2.73. The molecule has 0 bridgehead atoms. The summed E-state index contributed by atoms with van der Waals surface area (Å²) in [7, 11) is 0. The van der Waals surface area contributed by atoms with Crippen molar-refractivity contribution in [2.75, 3.05) is 11.9 Å². The first-order valence-electron chi connectivity index (χ1n) is 6.17. The summed E-state index contributed by atoms with van der Waals surface area (Å²) in [6.07, 6.45) is 5.38. The molecule has 0 radical (unpaired) electrons. The summed E-state index contributed by atoms with van der Waals surface area (Å²) in [4.78, 5) is 22.5. The molecule has 3 rings (SSSR count). The zero-order valence-electron chi connectivity index (χ0n) is 10.6. The van der Waals surface area contributed by atoms with Gasteiger partial charge in [-0.3, -0.25) is 9.69 Å². The molecule has 0 spiro atoms. The van der Waals surface area contributed by atoms with E-state index in [0.717, 1.165) is 25.3 Å². The topological polar surface area (TPSA) is 63.1 Å². The van der Waals surface area contributed by atoms with Crippen molar-refractivity contribution < 1.29 is 4.79 Å². The molecule has 7 heteroatoms. The van der Waals surface area contributed by atoms with E-state index in [1.54, 1.807) is 6.20 Å². The summed E-state index contributed by atoms with van der Waals surface area (Å²) in [5.41, 5.74) is 1.15. The monoisotopic (exact) mass is 277 g/mol. The SMILES string of the molecule is CC(C(=O)Nc1nccs1)N1CCn2cncc2C1. The van der Waals surface area contributed by atoms with Crippen molar-refractivity contribution in [1.82, 2.24) is 19.4 Å². The van der Waals surface area contributed by atoms with Gasteiger partial charge in [-0.05, 0) is 6.92 Å². The molecule has 0 aromatic carbocycles. The van der Waals surface area contributed by atoms with E-state index in [0.29, 0.717) is 5.13 Å². The second-order valence-electron chi connectivity index (χ2n) is 4.55. The molecule has 1 aliphatic heterocycles. The van der Waals surface area contributed by atoms with E-state index in [-0.39, 0.29) is 11.9 Å². The number of nitrogens with zero attached hydrogens (tertiary/aromatic N) is 4. The van der Waals surface area contributed by atoms with Crippen molar-refractivity contribution in [3.05, 3.63) is 29.8 Å². The van der Waals surface area contributed by atoms with Gasteiger partial charge in [-0.2, -0.15) is 0 Å². The maximum atomic E-state index is 12.2. The maximum Gasteiger partial charge on any atom is 0.243 e. The zero-order chi connectivity index (χ0) is 13.2. The molecule has 0 saturated heterocycles. The number of imidazole rings is 1. The highest BCUT2D eigenvalue weighted by Crippen LogP contribution is 2.16. The Labute approximate surface area is 115 Å². The number of hydrogen-bond donors (Lipinski definition) is 1. The van der Waals surface area contributed by atoms with Crippen molar-refractivity contribution in [3.8, 4) is 0 Å². The van der Waals surface area contributed by atoms with Crippen LogP contribution in [0.4, 0.5) is 5.13 Å². The molecule has 0 saturated carbocycles. The van der Waals surface area contributed by atoms with Crippen molar-refractivity contribution in [2.45, 2.75) is 26.1 Å². The minimum absolute atomic E-state index is 0.0112. The van der Waals surface area contributed by atoms with Gasteiger partial charge in [0.05, 0.1) is 18.1 Å². The quantitative estimate of drug-likeness (QED) is 0.915. The Morgan fingerprint density at radius 1 is 1.53 bits per heavy atom. The first-order valence-corrected chi connectivity index (χ1v) is 7.05. The molecule has 100 valence electrons. The van der Waals surface area contributed by atoms with Crippen LogP contribution >= 0.6 is 11.3 Å². The second-order valence-corrected chi connectivity index (χ2v) is 5.45. The van der Waals surface area contributed by atoms with Gasteiger partial charge in [-0.25, -0.2) is 9.97 Å². The van der Waals surface area contributed by atoms with Gasteiger partial charge in [0.2, 0.25) is 5.91 Å². The summed E-state index contributed by atoms with van der Waals surface area (Å²) in [6.45, 7) is 4.42. The molecule has 2 aromatic heterocycles. The molecule has 1 amide bonds. The van der Waals surface area contributed by atoms with Crippen LogP contribution in [-0.4, -0.2) is 37.9 Å². The van der Waals surface area contributed by atoms with E-state index in [9.17, 15) is 4.79 Å². The van der Waals surface area contributed by atoms with E-state index in [1.807, 2.05) is 24.8 Å². The molecule has 1 atom stereocenters. The minimum Gasteiger partial charge on any atom is -0.332 e. The summed E-state index contributed by atoms with van der Waals surface area (Å²) < 4.78 is 2.13. The fourth-order valence-electron chi connectivity index (χ4n) is 2.20. The van der Waals surface area contributed by atoms with Crippen LogP contribution in [0.25, 0.3) is 0 Å². The number of rotatable bonds is 3.